The monoisotopic (exact) mass is 328 g/mol. The van der Waals surface area contributed by atoms with E-state index in [1.807, 2.05) is 0 Å². The predicted octanol–water partition coefficient (Wildman–Crippen LogP) is 3.08. The molecule has 1 aromatic heterocycles. The minimum atomic E-state index is -0.959. The molecule has 1 amide bonds. The fourth-order valence-electron chi connectivity index (χ4n) is 2.45. The van der Waals surface area contributed by atoms with E-state index < -0.39 is 5.97 Å². The van der Waals surface area contributed by atoms with Crippen LogP contribution in [-0.4, -0.2) is 33.8 Å². The molecule has 1 heterocycles. The summed E-state index contributed by atoms with van der Waals surface area (Å²) >= 11 is 2.44. The number of amides is 1. The van der Waals surface area contributed by atoms with Crippen molar-refractivity contribution in [2.45, 2.75) is 55.8 Å². The maximum absolute atomic E-state index is 12.0. The maximum atomic E-state index is 12.0. The third kappa shape index (κ3) is 5.00. The quantitative estimate of drug-likeness (QED) is 0.641. The largest absolute Gasteiger partial charge is 0.477 e. The summed E-state index contributed by atoms with van der Waals surface area (Å²) in [5.41, 5.74) is 0.513. The standard InChI is InChI=1S/C14H20N2O3S2/c1-9-12(13(18)19)21-14(15-9)20-8-11(17)16-10-6-4-2-3-5-7-10/h10H,2-8H2,1H3,(H,16,17)(H,18,19). The molecule has 5 nitrogen and oxygen atoms in total. The summed E-state index contributed by atoms with van der Waals surface area (Å²) in [5, 5.41) is 12.1. The molecule has 0 bridgehead atoms. The molecule has 0 saturated heterocycles. The summed E-state index contributed by atoms with van der Waals surface area (Å²) in [6.07, 6.45) is 7.03. The van der Waals surface area contributed by atoms with Crippen LogP contribution in [0.1, 0.15) is 53.9 Å². The van der Waals surface area contributed by atoms with Crippen LogP contribution in [0.5, 0.6) is 0 Å². The number of rotatable bonds is 5. The van der Waals surface area contributed by atoms with Gasteiger partial charge in [-0.25, -0.2) is 9.78 Å². The van der Waals surface area contributed by atoms with Gasteiger partial charge in [0.2, 0.25) is 5.91 Å². The molecular weight excluding hydrogens is 308 g/mol. The first-order chi connectivity index (χ1) is 10.1. The molecule has 2 rings (SSSR count). The van der Waals surface area contributed by atoms with Gasteiger partial charge in [-0.3, -0.25) is 4.79 Å². The van der Waals surface area contributed by atoms with Gasteiger partial charge in [0.1, 0.15) is 4.88 Å². The smallest absolute Gasteiger partial charge is 0.347 e. The van der Waals surface area contributed by atoms with E-state index in [0.717, 1.165) is 24.2 Å². The van der Waals surface area contributed by atoms with Gasteiger partial charge < -0.3 is 10.4 Å². The number of thioether (sulfide) groups is 1. The number of carbonyl (C=O) groups is 2. The molecule has 116 valence electrons. The van der Waals surface area contributed by atoms with Crippen molar-refractivity contribution >= 4 is 35.0 Å². The molecule has 1 fully saturated rings. The maximum Gasteiger partial charge on any atom is 0.347 e. The van der Waals surface area contributed by atoms with Crippen LogP contribution in [0.3, 0.4) is 0 Å². The Bertz CT molecular complexity index is 508. The molecule has 0 unspecified atom stereocenters. The van der Waals surface area contributed by atoms with E-state index in [-0.39, 0.29) is 10.8 Å². The zero-order valence-electron chi connectivity index (χ0n) is 12.1. The number of hydrogen-bond acceptors (Lipinski definition) is 5. The van der Waals surface area contributed by atoms with Crippen molar-refractivity contribution in [1.29, 1.82) is 0 Å². The van der Waals surface area contributed by atoms with Gasteiger partial charge in [0.25, 0.3) is 0 Å². The second-order valence-electron chi connectivity index (χ2n) is 5.24. The summed E-state index contributed by atoms with van der Waals surface area (Å²) in [4.78, 5) is 27.3. The molecule has 1 saturated carbocycles. The SMILES string of the molecule is Cc1nc(SCC(=O)NC2CCCCCC2)sc1C(=O)O. The van der Waals surface area contributed by atoms with Crippen LogP contribution in [0.4, 0.5) is 0 Å². The molecule has 0 aromatic carbocycles. The first kappa shape index (κ1) is 16.3. The van der Waals surface area contributed by atoms with Crippen molar-refractivity contribution < 1.29 is 14.7 Å². The van der Waals surface area contributed by atoms with E-state index in [1.165, 1.54) is 37.4 Å². The lowest BCUT2D eigenvalue weighted by atomic mass is 10.1. The van der Waals surface area contributed by atoms with Gasteiger partial charge in [-0.05, 0) is 19.8 Å². The van der Waals surface area contributed by atoms with Crippen molar-refractivity contribution in [2.24, 2.45) is 0 Å². The van der Waals surface area contributed by atoms with E-state index in [1.54, 1.807) is 6.92 Å². The Morgan fingerprint density at radius 2 is 2.00 bits per heavy atom. The van der Waals surface area contributed by atoms with Gasteiger partial charge >= 0.3 is 5.97 Å². The fraction of sp³-hybridized carbons (Fsp3) is 0.643. The van der Waals surface area contributed by atoms with Crippen molar-refractivity contribution in [1.82, 2.24) is 10.3 Å². The number of carbonyl (C=O) groups excluding carboxylic acids is 1. The minimum Gasteiger partial charge on any atom is -0.477 e. The number of aromatic nitrogens is 1. The van der Waals surface area contributed by atoms with E-state index in [0.29, 0.717) is 21.8 Å². The first-order valence-electron chi connectivity index (χ1n) is 7.19. The average molecular weight is 328 g/mol. The van der Waals surface area contributed by atoms with Gasteiger partial charge in [-0.2, -0.15) is 0 Å². The Morgan fingerprint density at radius 3 is 2.57 bits per heavy atom. The number of aromatic carboxylic acids is 1. The van der Waals surface area contributed by atoms with Crippen molar-refractivity contribution in [3.05, 3.63) is 10.6 Å². The normalized spacial score (nSPS) is 16.4. The van der Waals surface area contributed by atoms with E-state index in [4.69, 9.17) is 5.11 Å². The van der Waals surface area contributed by atoms with Crippen molar-refractivity contribution in [2.75, 3.05) is 5.75 Å². The Balaban J connectivity index is 1.80. The highest BCUT2D eigenvalue weighted by Gasteiger charge is 2.17. The Kier molecular flexibility index (Phi) is 6.05. The van der Waals surface area contributed by atoms with Crippen LogP contribution < -0.4 is 5.32 Å². The second kappa shape index (κ2) is 7.79. The first-order valence-corrected chi connectivity index (χ1v) is 8.99. The van der Waals surface area contributed by atoms with Crippen LogP contribution in [0.25, 0.3) is 0 Å². The molecule has 1 aliphatic rings. The molecule has 21 heavy (non-hydrogen) atoms. The topological polar surface area (TPSA) is 79.3 Å². The third-order valence-electron chi connectivity index (χ3n) is 3.52. The molecular formula is C14H20N2O3S2. The zero-order valence-corrected chi connectivity index (χ0v) is 13.7. The third-order valence-corrected chi connectivity index (χ3v) is 5.81. The van der Waals surface area contributed by atoms with Crippen LogP contribution >= 0.6 is 23.1 Å². The zero-order chi connectivity index (χ0) is 15.2. The molecule has 1 aliphatic carbocycles. The van der Waals surface area contributed by atoms with Crippen LogP contribution in [0, 0.1) is 6.92 Å². The van der Waals surface area contributed by atoms with E-state index in [2.05, 4.69) is 10.3 Å². The minimum absolute atomic E-state index is 0.0108. The summed E-state index contributed by atoms with van der Waals surface area (Å²) in [6.45, 7) is 1.68. The van der Waals surface area contributed by atoms with E-state index in [9.17, 15) is 9.59 Å². The molecule has 0 radical (unpaired) electrons. The Labute approximate surface area is 132 Å². The lowest BCUT2D eigenvalue weighted by Gasteiger charge is -2.15. The lowest BCUT2D eigenvalue weighted by molar-refractivity contribution is -0.119. The van der Waals surface area contributed by atoms with Gasteiger partial charge in [-0.1, -0.05) is 37.4 Å². The summed E-state index contributed by atoms with van der Waals surface area (Å²) in [7, 11) is 0. The van der Waals surface area contributed by atoms with Crippen molar-refractivity contribution in [3.8, 4) is 0 Å². The fourth-order valence-corrected chi connectivity index (χ4v) is 4.29. The van der Waals surface area contributed by atoms with Gasteiger partial charge in [0.05, 0.1) is 11.4 Å². The second-order valence-corrected chi connectivity index (χ2v) is 7.47. The summed E-state index contributed by atoms with van der Waals surface area (Å²) in [5.74, 6) is -0.654. The molecule has 2 N–H and O–H groups in total. The van der Waals surface area contributed by atoms with Gasteiger partial charge in [0.15, 0.2) is 4.34 Å². The molecule has 0 aliphatic heterocycles. The molecule has 0 atom stereocenters. The average Bonchev–Trinajstić information content (AvgIpc) is 2.63. The Morgan fingerprint density at radius 1 is 1.33 bits per heavy atom. The highest BCUT2D eigenvalue weighted by molar-refractivity contribution is 8.01. The number of aryl methyl sites for hydroxylation is 1. The number of carboxylic acids is 1. The lowest BCUT2D eigenvalue weighted by Crippen LogP contribution is -2.35. The van der Waals surface area contributed by atoms with Crippen LogP contribution in [0.2, 0.25) is 0 Å². The number of hydrogen-bond donors (Lipinski definition) is 2. The van der Waals surface area contributed by atoms with Crippen LogP contribution in [0.15, 0.2) is 4.34 Å². The number of nitrogens with zero attached hydrogens (tertiary/aromatic N) is 1. The van der Waals surface area contributed by atoms with E-state index >= 15 is 0 Å². The number of carboxylic acid groups (broad SMARTS) is 1. The molecule has 1 aromatic rings. The Hall–Kier alpha value is -1.08. The summed E-state index contributed by atoms with van der Waals surface area (Å²) in [6, 6.07) is 0.299. The van der Waals surface area contributed by atoms with Gasteiger partial charge in [-0.15, -0.1) is 11.3 Å². The van der Waals surface area contributed by atoms with Gasteiger partial charge in [0, 0.05) is 6.04 Å². The predicted molar refractivity (Wildman–Crippen MR) is 84.2 cm³/mol. The van der Waals surface area contributed by atoms with Crippen LogP contribution in [-0.2, 0) is 4.79 Å². The molecule has 0 spiro atoms. The van der Waals surface area contributed by atoms with Crippen molar-refractivity contribution in [3.63, 3.8) is 0 Å². The number of thiazole rings is 1. The highest BCUT2D eigenvalue weighted by Crippen LogP contribution is 2.27. The number of nitrogens with one attached hydrogen (secondary N) is 1. The summed E-state index contributed by atoms with van der Waals surface area (Å²) < 4.78 is 0.640. The molecule has 7 heteroatoms. The highest BCUT2D eigenvalue weighted by atomic mass is 32.2.